The number of piperidine rings is 1. The molecule has 0 spiro atoms. The maximum atomic E-state index is 12.3. The summed E-state index contributed by atoms with van der Waals surface area (Å²) in [5.41, 5.74) is 0.900. The molecule has 0 aromatic heterocycles. The van der Waals surface area contributed by atoms with E-state index in [-0.39, 0.29) is 30.0 Å². The summed E-state index contributed by atoms with van der Waals surface area (Å²) in [5.74, 6) is 0.208. The van der Waals surface area contributed by atoms with Crippen molar-refractivity contribution in [3.63, 3.8) is 0 Å². The number of nitro groups is 1. The topological polar surface area (TPSA) is 113 Å². The molecule has 1 aliphatic rings. The number of hydrogen-bond donors (Lipinski definition) is 2. The zero-order valence-electron chi connectivity index (χ0n) is 14.5. The van der Waals surface area contributed by atoms with Gasteiger partial charge in [0, 0.05) is 25.2 Å². The molecular weight excluding hydrogens is 346 g/mol. The highest BCUT2D eigenvalue weighted by molar-refractivity contribution is 7.89. The van der Waals surface area contributed by atoms with Crippen LogP contribution in [-0.2, 0) is 16.6 Å². The maximum Gasteiger partial charge on any atom is 0.292 e. The predicted molar refractivity (Wildman–Crippen MR) is 95.9 cm³/mol. The van der Waals surface area contributed by atoms with Crippen molar-refractivity contribution in [3.8, 4) is 0 Å². The predicted octanol–water partition coefficient (Wildman–Crippen LogP) is 1.95. The molecule has 0 atom stereocenters. The Morgan fingerprint density at radius 1 is 1.36 bits per heavy atom. The molecule has 0 radical (unpaired) electrons. The molecule has 2 N–H and O–H groups in total. The first-order valence-electron chi connectivity index (χ1n) is 8.35. The van der Waals surface area contributed by atoms with Gasteiger partial charge in [-0.3, -0.25) is 10.1 Å². The molecule has 0 bridgehead atoms. The summed E-state index contributed by atoms with van der Waals surface area (Å²) in [4.78, 5) is 10.7. The van der Waals surface area contributed by atoms with E-state index >= 15 is 0 Å². The van der Waals surface area contributed by atoms with Crippen LogP contribution in [0.2, 0.25) is 0 Å². The Hall–Kier alpha value is -1.71. The highest BCUT2D eigenvalue weighted by Crippen LogP contribution is 2.28. The third-order valence-corrected chi connectivity index (χ3v) is 6.43. The van der Waals surface area contributed by atoms with Crippen molar-refractivity contribution < 1.29 is 18.4 Å². The molecule has 2 rings (SSSR count). The van der Waals surface area contributed by atoms with Crippen molar-refractivity contribution in [2.24, 2.45) is 5.92 Å². The van der Waals surface area contributed by atoms with Gasteiger partial charge in [-0.25, -0.2) is 12.7 Å². The minimum atomic E-state index is -3.25. The Morgan fingerprint density at radius 3 is 2.52 bits per heavy atom. The number of aliphatic hydroxyl groups excluding tert-OH is 1. The lowest BCUT2D eigenvalue weighted by Crippen LogP contribution is -2.43. The summed E-state index contributed by atoms with van der Waals surface area (Å²) < 4.78 is 26.1. The van der Waals surface area contributed by atoms with Crippen LogP contribution in [0.15, 0.2) is 18.2 Å². The van der Waals surface area contributed by atoms with E-state index in [1.807, 2.05) is 13.8 Å². The van der Waals surface area contributed by atoms with Crippen LogP contribution in [0.25, 0.3) is 0 Å². The van der Waals surface area contributed by atoms with Crippen molar-refractivity contribution in [1.29, 1.82) is 0 Å². The van der Waals surface area contributed by atoms with Gasteiger partial charge in [0.25, 0.3) is 5.69 Å². The average molecular weight is 371 g/mol. The number of rotatable bonds is 7. The summed E-state index contributed by atoms with van der Waals surface area (Å²) in [6.07, 6.45) is 1.16. The lowest BCUT2D eigenvalue weighted by atomic mass is 10.1. The number of nitro benzene ring substituents is 1. The third kappa shape index (κ3) is 5.13. The fraction of sp³-hybridized carbons (Fsp3) is 0.625. The molecule has 1 heterocycles. The first kappa shape index (κ1) is 19.6. The summed E-state index contributed by atoms with van der Waals surface area (Å²) in [6, 6.07) is 4.42. The molecule has 1 aliphatic heterocycles. The molecule has 0 amide bonds. The molecule has 1 fully saturated rings. The van der Waals surface area contributed by atoms with E-state index in [9.17, 15) is 23.6 Å². The number of aliphatic hydroxyl groups is 1. The van der Waals surface area contributed by atoms with Crippen LogP contribution in [0.5, 0.6) is 0 Å². The Bertz CT molecular complexity index is 712. The lowest BCUT2D eigenvalue weighted by Gasteiger charge is -2.32. The standard InChI is InChI=1S/C16H25N3O5S/c1-12(2)11-25(23,24)18-7-5-14(6-8-18)17-15-9-13(10-20)3-4-16(15)19(21)22/h3-4,9,12,14,17,20H,5-8,10-11H2,1-2H3. The monoisotopic (exact) mass is 371 g/mol. The van der Waals surface area contributed by atoms with Crippen molar-refractivity contribution in [3.05, 3.63) is 33.9 Å². The first-order chi connectivity index (χ1) is 11.7. The van der Waals surface area contributed by atoms with Gasteiger partial charge in [0.1, 0.15) is 5.69 Å². The second-order valence-corrected chi connectivity index (χ2v) is 8.77. The average Bonchev–Trinajstić information content (AvgIpc) is 2.53. The second kappa shape index (κ2) is 8.11. The van der Waals surface area contributed by atoms with Crippen molar-refractivity contribution in [2.45, 2.75) is 39.3 Å². The van der Waals surface area contributed by atoms with Gasteiger partial charge in [-0.15, -0.1) is 0 Å². The van der Waals surface area contributed by atoms with E-state index in [1.54, 1.807) is 6.07 Å². The van der Waals surface area contributed by atoms with Crippen LogP contribution in [0.1, 0.15) is 32.3 Å². The number of nitrogens with one attached hydrogen (secondary N) is 1. The number of benzene rings is 1. The van der Waals surface area contributed by atoms with Crippen molar-refractivity contribution >= 4 is 21.4 Å². The SMILES string of the molecule is CC(C)CS(=O)(=O)N1CCC(Nc2cc(CO)ccc2[N+](=O)[O-])CC1. The summed E-state index contributed by atoms with van der Waals surface area (Å²) in [7, 11) is -3.25. The van der Waals surface area contributed by atoms with Gasteiger partial charge < -0.3 is 10.4 Å². The van der Waals surface area contributed by atoms with Crippen LogP contribution < -0.4 is 5.32 Å². The Labute approximate surface area is 148 Å². The van der Waals surface area contributed by atoms with Gasteiger partial charge >= 0.3 is 0 Å². The third-order valence-electron chi connectivity index (χ3n) is 4.19. The van der Waals surface area contributed by atoms with Gasteiger partial charge in [0.05, 0.1) is 17.3 Å². The molecular formula is C16H25N3O5S. The van der Waals surface area contributed by atoms with Crippen LogP contribution in [0, 0.1) is 16.0 Å². The summed E-state index contributed by atoms with van der Waals surface area (Å²) in [6.45, 7) is 4.36. The largest absolute Gasteiger partial charge is 0.392 e. The van der Waals surface area contributed by atoms with Gasteiger partial charge in [-0.1, -0.05) is 13.8 Å². The maximum absolute atomic E-state index is 12.3. The van der Waals surface area contributed by atoms with Gasteiger partial charge in [-0.05, 0) is 36.5 Å². The minimum Gasteiger partial charge on any atom is -0.392 e. The fourth-order valence-electron chi connectivity index (χ4n) is 2.98. The molecule has 1 aromatic carbocycles. The summed E-state index contributed by atoms with van der Waals surface area (Å²) in [5, 5.41) is 23.5. The lowest BCUT2D eigenvalue weighted by molar-refractivity contribution is -0.384. The van der Waals surface area contributed by atoms with Crippen molar-refractivity contribution in [1.82, 2.24) is 4.31 Å². The number of hydrogen-bond acceptors (Lipinski definition) is 6. The highest BCUT2D eigenvalue weighted by Gasteiger charge is 2.29. The van der Waals surface area contributed by atoms with Crippen LogP contribution in [0.3, 0.4) is 0 Å². The van der Waals surface area contributed by atoms with E-state index in [0.717, 1.165) is 0 Å². The van der Waals surface area contributed by atoms with E-state index in [1.165, 1.54) is 16.4 Å². The molecule has 8 nitrogen and oxygen atoms in total. The van der Waals surface area contributed by atoms with E-state index in [2.05, 4.69) is 5.32 Å². The smallest absolute Gasteiger partial charge is 0.292 e. The molecule has 140 valence electrons. The Morgan fingerprint density at radius 2 is 2.00 bits per heavy atom. The number of anilines is 1. The molecule has 0 aliphatic carbocycles. The van der Waals surface area contributed by atoms with Gasteiger partial charge in [-0.2, -0.15) is 0 Å². The first-order valence-corrected chi connectivity index (χ1v) is 9.96. The Balaban J connectivity index is 2.04. The van der Waals surface area contributed by atoms with Gasteiger partial charge in [0.15, 0.2) is 0 Å². The van der Waals surface area contributed by atoms with Gasteiger partial charge in [0.2, 0.25) is 10.0 Å². The van der Waals surface area contributed by atoms with E-state index in [4.69, 9.17) is 0 Å². The zero-order chi connectivity index (χ0) is 18.6. The zero-order valence-corrected chi connectivity index (χ0v) is 15.3. The molecule has 0 unspecified atom stereocenters. The molecule has 1 saturated heterocycles. The number of sulfonamides is 1. The van der Waals surface area contributed by atoms with E-state index in [0.29, 0.717) is 37.2 Å². The fourth-order valence-corrected chi connectivity index (χ4v) is 4.80. The molecule has 1 aromatic rings. The molecule has 25 heavy (non-hydrogen) atoms. The molecule has 9 heteroatoms. The van der Waals surface area contributed by atoms with Crippen molar-refractivity contribution in [2.75, 3.05) is 24.2 Å². The van der Waals surface area contributed by atoms with Crippen LogP contribution in [0.4, 0.5) is 11.4 Å². The quantitative estimate of drug-likeness (QED) is 0.559. The normalized spacial score (nSPS) is 17.0. The molecule has 0 saturated carbocycles. The van der Waals surface area contributed by atoms with E-state index < -0.39 is 14.9 Å². The van der Waals surface area contributed by atoms with Crippen LogP contribution >= 0.6 is 0 Å². The highest BCUT2D eigenvalue weighted by atomic mass is 32.2. The number of nitrogens with zero attached hydrogens (tertiary/aromatic N) is 2. The summed E-state index contributed by atoms with van der Waals surface area (Å²) >= 11 is 0. The van der Waals surface area contributed by atoms with Crippen LogP contribution in [-0.4, -0.2) is 47.6 Å². The second-order valence-electron chi connectivity index (χ2n) is 6.76. The Kier molecular flexibility index (Phi) is 6.36. The minimum absolute atomic E-state index is 0.0434.